The van der Waals surface area contributed by atoms with E-state index in [9.17, 15) is 14.4 Å². The standard InChI is InChI=1S/C22H20N4O6/c1-2-30-17-6-4-3-5-16(17)21-23-19(32-25-21)13-31-22(29)14-7-9-15(10-8-14)26-20(28)12-11-18(27)24-26/h3-10H,2,11-13H2,1H3,(H,24,27). The minimum atomic E-state index is -0.597. The Labute approximate surface area is 183 Å². The van der Waals surface area contributed by atoms with Crippen molar-refractivity contribution in [2.75, 3.05) is 11.6 Å². The van der Waals surface area contributed by atoms with E-state index in [1.54, 1.807) is 18.2 Å². The molecule has 0 spiro atoms. The van der Waals surface area contributed by atoms with E-state index in [1.165, 1.54) is 17.1 Å². The van der Waals surface area contributed by atoms with Gasteiger partial charge in [-0.2, -0.15) is 4.98 Å². The molecule has 3 aromatic rings. The van der Waals surface area contributed by atoms with Crippen molar-refractivity contribution in [2.45, 2.75) is 26.4 Å². The number of amides is 2. The Kier molecular flexibility index (Phi) is 6.11. The number of carbonyl (C=O) groups is 3. The van der Waals surface area contributed by atoms with Gasteiger partial charge in [0.1, 0.15) is 5.75 Å². The summed E-state index contributed by atoms with van der Waals surface area (Å²) in [5.41, 5.74) is 3.89. The molecule has 0 atom stereocenters. The normalized spacial score (nSPS) is 13.6. The zero-order valence-corrected chi connectivity index (χ0v) is 17.2. The highest BCUT2D eigenvalue weighted by molar-refractivity contribution is 6.01. The van der Waals surface area contributed by atoms with Crippen LogP contribution in [0.2, 0.25) is 0 Å². The second-order valence-electron chi connectivity index (χ2n) is 6.83. The van der Waals surface area contributed by atoms with Crippen molar-refractivity contribution in [1.29, 1.82) is 0 Å². The van der Waals surface area contributed by atoms with E-state index < -0.39 is 5.97 Å². The first kappa shape index (κ1) is 21.0. The lowest BCUT2D eigenvalue weighted by molar-refractivity contribution is -0.130. The molecule has 1 aliphatic rings. The largest absolute Gasteiger partial charge is 0.493 e. The van der Waals surface area contributed by atoms with E-state index >= 15 is 0 Å². The molecule has 0 bridgehead atoms. The van der Waals surface area contributed by atoms with E-state index in [4.69, 9.17) is 14.0 Å². The number of nitrogens with one attached hydrogen (secondary N) is 1. The number of ether oxygens (including phenoxy) is 2. The Bertz CT molecular complexity index is 1140. The Morgan fingerprint density at radius 1 is 1.12 bits per heavy atom. The van der Waals surface area contributed by atoms with Crippen molar-refractivity contribution in [2.24, 2.45) is 0 Å². The van der Waals surface area contributed by atoms with E-state index in [0.717, 1.165) is 0 Å². The summed E-state index contributed by atoms with van der Waals surface area (Å²) < 4.78 is 16.0. The Balaban J connectivity index is 1.38. The molecular weight excluding hydrogens is 416 g/mol. The van der Waals surface area contributed by atoms with Crippen LogP contribution in [-0.2, 0) is 20.9 Å². The van der Waals surface area contributed by atoms with Gasteiger partial charge >= 0.3 is 5.97 Å². The van der Waals surface area contributed by atoms with Gasteiger partial charge in [-0.15, -0.1) is 0 Å². The molecular formula is C22H20N4O6. The zero-order valence-electron chi connectivity index (χ0n) is 17.2. The number of para-hydroxylation sites is 1. The summed E-state index contributed by atoms with van der Waals surface area (Å²) in [4.78, 5) is 40.1. The molecule has 1 saturated heterocycles. The highest BCUT2D eigenvalue weighted by Gasteiger charge is 2.24. The molecule has 1 aromatic heterocycles. The van der Waals surface area contributed by atoms with Gasteiger partial charge in [0.25, 0.3) is 5.89 Å². The van der Waals surface area contributed by atoms with Gasteiger partial charge in [-0.05, 0) is 43.3 Å². The second-order valence-corrected chi connectivity index (χ2v) is 6.83. The van der Waals surface area contributed by atoms with Gasteiger partial charge in [0, 0.05) is 12.8 Å². The van der Waals surface area contributed by atoms with Crippen LogP contribution in [0.1, 0.15) is 36.0 Å². The number of hydrogen-bond donors (Lipinski definition) is 1. The molecule has 2 amide bonds. The first-order valence-corrected chi connectivity index (χ1v) is 9.99. The van der Waals surface area contributed by atoms with Gasteiger partial charge in [-0.1, -0.05) is 17.3 Å². The van der Waals surface area contributed by atoms with Crippen LogP contribution in [0.15, 0.2) is 53.1 Å². The maximum atomic E-state index is 12.4. The minimum Gasteiger partial charge on any atom is -0.493 e. The highest BCUT2D eigenvalue weighted by atomic mass is 16.6. The lowest BCUT2D eigenvalue weighted by atomic mass is 10.2. The lowest BCUT2D eigenvalue weighted by Crippen LogP contribution is -2.50. The lowest BCUT2D eigenvalue weighted by Gasteiger charge is -2.27. The monoisotopic (exact) mass is 436 g/mol. The fourth-order valence-corrected chi connectivity index (χ4v) is 3.10. The number of aromatic nitrogens is 2. The number of hydrogen-bond acceptors (Lipinski definition) is 8. The number of rotatable bonds is 7. The quantitative estimate of drug-likeness (QED) is 0.561. The maximum absolute atomic E-state index is 12.4. The van der Waals surface area contributed by atoms with Gasteiger partial charge in [0.05, 0.1) is 23.4 Å². The fourth-order valence-electron chi connectivity index (χ4n) is 3.10. The van der Waals surface area contributed by atoms with E-state index in [0.29, 0.717) is 29.4 Å². The van der Waals surface area contributed by atoms with Crippen LogP contribution < -0.4 is 15.2 Å². The molecule has 164 valence electrons. The first-order valence-electron chi connectivity index (χ1n) is 9.99. The second kappa shape index (κ2) is 9.29. The number of anilines is 1. The molecule has 1 N–H and O–H groups in total. The summed E-state index contributed by atoms with van der Waals surface area (Å²) in [7, 11) is 0. The average molecular weight is 436 g/mol. The topological polar surface area (TPSA) is 124 Å². The number of carbonyl (C=O) groups excluding carboxylic acids is 3. The third-order valence-electron chi connectivity index (χ3n) is 4.64. The SMILES string of the molecule is CCOc1ccccc1-c1noc(COC(=O)c2ccc(N3NC(=O)CCC3=O)cc2)n1. The highest BCUT2D eigenvalue weighted by Crippen LogP contribution is 2.27. The Morgan fingerprint density at radius 2 is 1.91 bits per heavy atom. The van der Waals surface area contributed by atoms with Crippen LogP contribution in [0.5, 0.6) is 5.75 Å². The van der Waals surface area contributed by atoms with Crippen LogP contribution >= 0.6 is 0 Å². The maximum Gasteiger partial charge on any atom is 0.338 e. The van der Waals surface area contributed by atoms with Crippen LogP contribution in [0.3, 0.4) is 0 Å². The first-order chi connectivity index (χ1) is 15.5. The van der Waals surface area contributed by atoms with Crippen LogP contribution in [-0.4, -0.2) is 34.5 Å². The van der Waals surface area contributed by atoms with Crippen molar-refractivity contribution in [3.63, 3.8) is 0 Å². The summed E-state index contributed by atoms with van der Waals surface area (Å²) in [6.07, 6.45) is 0.297. The van der Waals surface area contributed by atoms with Gasteiger partial charge in [0.2, 0.25) is 17.6 Å². The summed E-state index contributed by atoms with van der Waals surface area (Å²) in [6, 6.07) is 13.4. The molecule has 0 unspecified atom stereocenters. The smallest absolute Gasteiger partial charge is 0.338 e. The van der Waals surface area contributed by atoms with Gasteiger partial charge < -0.3 is 14.0 Å². The van der Waals surface area contributed by atoms with Crippen molar-refractivity contribution in [1.82, 2.24) is 15.6 Å². The van der Waals surface area contributed by atoms with Crippen molar-refractivity contribution >= 4 is 23.5 Å². The van der Waals surface area contributed by atoms with Gasteiger partial charge in [-0.25, -0.2) is 9.80 Å². The van der Waals surface area contributed by atoms with Crippen molar-refractivity contribution in [3.05, 3.63) is 60.0 Å². The van der Waals surface area contributed by atoms with Crippen LogP contribution in [0.25, 0.3) is 11.4 Å². The number of hydrazine groups is 1. The Morgan fingerprint density at radius 3 is 2.69 bits per heavy atom. The third-order valence-corrected chi connectivity index (χ3v) is 4.64. The molecule has 4 rings (SSSR count). The molecule has 0 radical (unpaired) electrons. The van der Waals surface area contributed by atoms with E-state index in [2.05, 4.69) is 15.6 Å². The summed E-state index contributed by atoms with van der Waals surface area (Å²) in [5.74, 6) is 0.0346. The van der Waals surface area contributed by atoms with E-state index in [-0.39, 0.29) is 42.7 Å². The van der Waals surface area contributed by atoms with Gasteiger partial charge in [-0.3, -0.25) is 15.0 Å². The van der Waals surface area contributed by atoms with Gasteiger partial charge in [0.15, 0.2) is 6.61 Å². The minimum absolute atomic E-state index is 0.136. The molecule has 1 fully saturated rings. The molecule has 0 aliphatic carbocycles. The molecule has 10 nitrogen and oxygen atoms in total. The predicted molar refractivity (Wildman–Crippen MR) is 111 cm³/mol. The van der Waals surface area contributed by atoms with E-state index in [1.807, 2.05) is 25.1 Å². The third kappa shape index (κ3) is 4.59. The van der Waals surface area contributed by atoms with Crippen molar-refractivity contribution in [3.8, 4) is 17.1 Å². The average Bonchev–Trinajstić information content (AvgIpc) is 3.29. The molecule has 0 saturated carbocycles. The molecule has 32 heavy (non-hydrogen) atoms. The fraction of sp³-hybridized carbons (Fsp3) is 0.227. The molecule has 1 aliphatic heterocycles. The van der Waals surface area contributed by atoms with Crippen LogP contribution in [0, 0.1) is 0 Å². The summed E-state index contributed by atoms with van der Waals surface area (Å²) >= 11 is 0. The molecule has 2 heterocycles. The zero-order chi connectivity index (χ0) is 22.5. The number of benzene rings is 2. The van der Waals surface area contributed by atoms with Crippen molar-refractivity contribution < 1.29 is 28.4 Å². The summed E-state index contributed by atoms with van der Waals surface area (Å²) in [5, 5.41) is 5.09. The predicted octanol–water partition coefficient (Wildman–Crippen LogP) is 2.65. The number of nitrogens with zero attached hydrogens (tertiary/aromatic N) is 3. The molecule has 2 aromatic carbocycles. The van der Waals surface area contributed by atoms with Crippen LogP contribution in [0.4, 0.5) is 5.69 Å². The Hall–Kier alpha value is -4.21. The number of esters is 1. The summed E-state index contributed by atoms with van der Waals surface area (Å²) in [6.45, 7) is 2.17. The molecule has 10 heteroatoms.